The first-order chi connectivity index (χ1) is 12.9. The first-order valence-corrected chi connectivity index (χ1v) is 9.24. The third-order valence-electron chi connectivity index (χ3n) is 5.25. The number of carbonyl (C=O) groups excluding carboxylic acids is 1. The predicted octanol–water partition coefficient (Wildman–Crippen LogP) is 3.51. The summed E-state index contributed by atoms with van der Waals surface area (Å²) >= 11 is 0. The molecule has 1 atom stereocenters. The smallest absolute Gasteiger partial charge is 0.249 e. The molecule has 2 aliphatic rings. The zero-order valence-corrected chi connectivity index (χ0v) is 16.0. The number of nitrogens with zero attached hydrogens (tertiary/aromatic N) is 1. The summed E-state index contributed by atoms with van der Waals surface area (Å²) in [6.45, 7) is 5.25. The van der Waals surface area contributed by atoms with E-state index in [9.17, 15) is 4.79 Å². The van der Waals surface area contributed by atoms with Crippen LogP contribution < -0.4 is 9.47 Å². The van der Waals surface area contributed by atoms with Crippen LogP contribution in [0.3, 0.4) is 0 Å². The highest BCUT2D eigenvalue weighted by Crippen LogP contribution is 2.47. The van der Waals surface area contributed by atoms with Gasteiger partial charge in [-0.3, -0.25) is 4.79 Å². The van der Waals surface area contributed by atoms with Crippen LogP contribution in [0, 0.1) is 0 Å². The van der Waals surface area contributed by atoms with Gasteiger partial charge < -0.3 is 19.1 Å². The van der Waals surface area contributed by atoms with E-state index in [4.69, 9.17) is 14.2 Å². The van der Waals surface area contributed by atoms with Crippen molar-refractivity contribution in [1.29, 1.82) is 0 Å². The molecule has 142 valence electrons. The Morgan fingerprint density at radius 1 is 1.15 bits per heavy atom. The van der Waals surface area contributed by atoms with E-state index in [1.165, 1.54) is 0 Å². The minimum atomic E-state index is -0.550. The van der Waals surface area contributed by atoms with Gasteiger partial charge in [-0.25, -0.2) is 0 Å². The molecule has 5 nitrogen and oxygen atoms in total. The molecule has 27 heavy (non-hydrogen) atoms. The number of hydrogen-bond acceptors (Lipinski definition) is 4. The van der Waals surface area contributed by atoms with Crippen LogP contribution in [0.15, 0.2) is 48.5 Å². The van der Waals surface area contributed by atoms with Gasteiger partial charge in [0.25, 0.3) is 0 Å². The highest BCUT2D eigenvalue weighted by atomic mass is 16.5. The second-order valence-electron chi connectivity index (χ2n) is 7.92. The molecular weight excluding hydrogens is 342 g/mol. The molecule has 0 saturated carbocycles. The van der Waals surface area contributed by atoms with Gasteiger partial charge in [0.2, 0.25) is 5.91 Å². The van der Waals surface area contributed by atoms with E-state index < -0.39 is 5.60 Å². The van der Waals surface area contributed by atoms with E-state index in [1.807, 2.05) is 53.4 Å². The number of hydrogen-bond donors (Lipinski definition) is 0. The number of benzene rings is 2. The Bertz CT molecular complexity index is 863. The minimum absolute atomic E-state index is 0.00484. The van der Waals surface area contributed by atoms with Gasteiger partial charge in [0.15, 0.2) is 0 Å². The van der Waals surface area contributed by atoms with Gasteiger partial charge in [-0.1, -0.05) is 30.3 Å². The molecule has 1 unspecified atom stereocenters. The molecule has 2 heterocycles. The lowest BCUT2D eigenvalue weighted by Crippen LogP contribution is -2.57. The summed E-state index contributed by atoms with van der Waals surface area (Å²) in [4.78, 5) is 14.5. The number of morpholine rings is 1. The van der Waals surface area contributed by atoms with Crippen LogP contribution in [0.5, 0.6) is 11.5 Å². The van der Waals surface area contributed by atoms with Crippen LogP contribution in [-0.2, 0) is 21.7 Å². The maximum Gasteiger partial charge on any atom is 0.249 e. The molecule has 0 radical (unpaired) electrons. The Hall–Kier alpha value is -2.53. The lowest BCUT2D eigenvalue weighted by molar-refractivity contribution is -0.181. The zero-order chi connectivity index (χ0) is 19.1. The van der Waals surface area contributed by atoms with E-state index >= 15 is 0 Å². The molecule has 5 heteroatoms. The van der Waals surface area contributed by atoms with Gasteiger partial charge in [-0.05, 0) is 37.6 Å². The molecule has 1 amide bonds. The molecule has 2 aromatic carbocycles. The summed E-state index contributed by atoms with van der Waals surface area (Å²) in [6, 6.07) is 15.8. The maximum absolute atomic E-state index is 12.6. The number of amides is 1. The van der Waals surface area contributed by atoms with Gasteiger partial charge in [-0.2, -0.15) is 0 Å². The third-order valence-corrected chi connectivity index (χ3v) is 5.25. The van der Waals surface area contributed by atoms with Crippen molar-refractivity contribution >= 4 is 5.91 Å². The van der Waals surface area contributed by atoms with Crippen molar-refractivity contribution in [3.05, 3.63) is 59.7 Å². The molecule has 0 aliphatic carbocycles. The van der Waals surface area contributed by atoms with Crippen LogP contribution in [0.1, 0.15) is 31.4 Å². The van der Waals surface area contributed by atoms with Crippen LogP contribution in [0.25, 0.3) is 0 Å². The van der Waals surface area contributed by atoms with Crippen LogP contribution >= 0.6 is 0 Å². The number of fused-ring (bicyclic) bond motifs is 2. The van der Waals surface area contributed by atoms with Crippen molar-refractivity contribution < 1.29 is 19.0 Å². The van der Waals surface area contributed by atoms with Gasteiger partial charge in [0, 0.05) is 18.5 Å². The Labute approximate surface area is 159 Å². The summed E-state index contributed by atoms with van der Waals surface area (Å²) in [5.41, 5.74) is 1.15. The largest absolute Gasteiger partial charge is 0.497 e. The molecule has 1 spiro atoms. The fraction of sp³-hybridized carbons (Fsp3) is 0.409. The van der Waals surface area contributed by atoms with Crippen molar-refractivity contribution in [3.8, 4) is 11.5 Å². The molecule has 0 bridgehead atoms. The highest BCUT2D eigenvalue weighted by Gasteiger charge is 2.50. The van der Waals surface area contributed by atoms with Crippen molar-refractivity contribution in [3.63, 3.8) is 0 Å². The molecule has 1 saturated heterocycles. The summed E-state index contributed by atoms with van der Waals surface area (Å²) in [5.74, 6) is 1.63. The second kappa shape index (κ2) is 6.57. The Balaban J connectivity index is 1.66. The van der Waals surface area contributed by atoms with Crippen LogP contribution in [0.2, 0.25) is 0 Å². The number of ether oxygens (including phenoxy) is 3. The van der Waals surface area contributed by atoms with Crippen molar-refractivity contribution in [2.24, 2.45) is 0 Å². The van der Waals surface area contributed by atoms with Gasteiger partial charge >= 0.3 is 0 Å². The third kappa shape index (κ3) is 3.39. The Morgan fingerprint density at radius 3 is 2.78 bits per heavy atom. The van der Waals surface area contributed by atoms with Crippen LogP contribution in [-0.4, -0.2) is 36.7 Å². The quantitative estimate of drug-likeness (QED) is 0.833. The van der Waals surface area contributed by atoms with E-state index in [2.05, 4.69) is 13.8 Å². The molecular formula is C22H25NO4. The Morgan fingerprint density at radius 2 is 1.96 bits per heavy atom. The molecule has 2 aliphatic heterocycles. The summed E-state index contributed by atoms with van der Waals surface area (Å²) in [6.07, 6.45) is 0.693. The predicted molar refractivity (Wildman–Crippen MR) is 102 cm³/mol. The minimum Gasteiger partial charge on any atom is -0.497 e. The summed E-state index contributed by atoms with van der Waals surface area (Å²) < 4.78 is 17.7. The van der Waals surface area contributed by atoms with Gasteiger partial charge in [0.05, 0.1) is 13.7 Å². The first-order valence-electron chi connectivity index (χ1n) is 9.24. The van der Waals surface area contributed by atoms with Crippen molar-refractivity contribution in [2.45, 2.75) is 38.0 Å². The van der Waals surface area contributed by atoms with Gasteiger partial charge in [0.1, 0.15) is 29.3 Å². The SMILES string of the molecule is COc1cccc(CN2CC3(CC(C)(C)Oc4ccccc43)OCC2=O)c1. The van der Waals surface area contributed by atoms with E-state index in [1.54, 1.807) is 7.11 Å². The lowest BCUT2D eigenvalue weighted by atomic mass is 9.79. The molecule has 2 aromatic rings. The van der Waals surface area contributed by atoms with Crippen molar-refractivity contribution in [2.75, 3.05) is 20.3 Å². The number of para-hydroxylation sites is 1. The van der Waals surface area contributed by atoms with Crippen molar-refractivity contribution in [1.82, 2.24) is 4.90 Å². The topological polar surface area (TPSA) is 48.0 Å². The normalized spacial score (nSPS) is 23.7. The van der Waals surface area contributed by atoms with Gasteiger partial charge in [-0.15, -0.1) is 0 Å². The number of rotatable bonds is 3. The lowest BCUT2D eigenvalue weighted by Gasteiger charge is -2.49. The average molecular weight is 367 g/mol. The standard InChI is InChI=1S/C22H25NO4/c1-21(2)14-22(18-9-4-5-10-19(18)27-21)15-23(20(24)13-26-22)12-16-7-6-8-17(11-16)25-3/h4-11H,12-15H2,1-3H3. The first kappa shape index (κ1) is 17.9. The monoisotopic (exact) mass is 367 g/mol. The van der Waals surface area contributed by atoms with E-state index in [0.717, 1.165) is 22.6 Å². The number of methoxy groups -OCH3 is 1. The fourth-order valence-corrected chi connectivity index (χ4v) is 4.19. The summed E-state index contributed by atoms with van der Waals surface area (Å²) in [7, 11) is 1.65. The highest BCUT2D eigenvalue weighted by molar-refractivity contribution is 5.78. The maximum atomic E-state index is 12.6. The molecule has 1 fully saturated rings. The van der Waals surface area contributed by atoms with E-state index in [-0.39, 0.29) is 18.1 Å². The summed E-state index contributed by atoms with van der Waals surface area (Å²) in [5, 5.41) is 0. The zero-order valence-electron chi connectivity index (χ0n) is 16.0. The average Bonchev–Trinajstić information content (AvgIpc) is 2.64. The number of carbonyl (C=O) groups is 1. The second-order valence-corrected chi connectivity index (χ2v) is 7.92. The fourth-order valence-electron chi connectivity index (χ4n) is 4.19. The van der Waals surface area contributed by atoms with Crippen LogP contribution in [0.4, 0.5) is 0 Å². The Kier molecular flexibility index (Phi) is 4.35. The molecule has 0 N–H and O–H groups in total. The molecule has 4 rings (SSSR count). The van der Waals surface area contributed by atoms with E-state index in [0.29, 0.717) is 19.5 Å². The molecule has 0 aromatic heterocycles.